The third kappa shape index (κ3) is 5.59. The van der Waals surface area contributed by atoms with Crippen molar-refractivity contribution >= 4 is 18.3 Å². The fourth-order valence-corrected chi connectivity index (χ4v) is 1.61. The van der Waals surface area contributed by atoms with Gasteiger partial charge in [-0.2, -0.15) is 0 Å². The molecule has 1 amide bonds. The molecule has 0 fully saturated rings. The number of rotatable bonds is 4. The van der Waals surface area contributed by atoms with Crippen LogP contribution >= 0.6 is 12.4 Å². The summed E-state index contributed by atoms with van der Waals surface area (Å²) in [6.07, 6.45) is -0.700. The Bertz CT molecular complexity index is 399. The Kier molecular flexibility index (Phi) is 7.05. The maximum Gasteiger partial charge on any atom is 0.233 e. The summed E-state index contributed by atoms with van der Waals surface area (Å²) in [5, 5.41) is 12.5. The van der Waals surface area contributed by atoms with Crippen molar-refractivity contribution in [1.29, 1.82) is 0 Å². The van der Waals surface area contributed by atoms with E-state index in [4.69, 9.17) is 5.73 Å². The van der Waals surface area contributed by atoms with Gasteiger partial charge in [-0.1, -0.05) is 45.0 Å². The monoisotopic (exact) mass is 286 g/mol. The maximum atomic E-state index is 11.0. The Hall–Kier alpha value is -1.10. The van der Waals surface area contributed by atoms with Gasteiger partial charge in [0.25, 0.3) is 0 Å². The number of carbonyl (C=O) groups is 1. The Morgan fingerprint density at radius 1 is 1.32 bits per heavy atom. The molecular weight excluding hydrogens is 264 g/mol. The molecular formula is C14H23ClN2O2. The van der Waals surface area contributed by atoms with E-state index in [2.05, 4.69) is 26.1 Å². The summed E-state index contributed by atoms with van der Waals surface area (Å²) in [7, 11) is 0. The van der Waals surface area contributed by atoms with E-state index in [1.54, 1.807) is 0 Å². The number of aliphatic hydroxyl groups excluding tert-OH is 1. The van der Waals surface area contributed by atoms with Crippen LogP contribution in [0.5, 0.6) is 0 Å². The molecule has 0 saturated carbocycles. The van der Waals surface area contributed by atoms with Crippen LogP contribution in [0, 0.1) is 0 Å². The first kappa shape index (κ1) is 17.9. The van der Waals surface area contributed by atoms with Crippen molar-refractivity contribution in [3.63, 3.8) is 0 Å². The van der Waals surface area contributed by atoms with Crippen LogP contribution in [0.15, 0.2) is 24.3 Å². The van der Waals surface area contributed by atoms with E-state index in [0.717, 1.165) is 5.56 Å². The van der Waals surface area contributed by atoms with Crippen LogP contribution in [-0.2, 0) is 10.2 Å². The highest BCUT2D eigenvalue weighted by Gasteiger charge is 2.14. The average Bonchev–Trinajstić information content (AvgIpc) is 2.34. The molecule has 0 radical (unpaired) electrons. The minimum absolute atomic E-state index is 0. The van der Waals surface area contributed by atoms with Crippen molar-refractivity contribution in [2.75, 3.05) is 13.1 Å². The number of nitrogens with two attached hydrogens (primary N) is 1. The van der Waals surface area contributed by atoms with Gasteiger partial charge in [0.05, 0.1) is 12.6 Å². The van der Waals surface area contributed by atoms with Gasteiger partial charge in [0.15, 0.2) is 0 Å². The summed E-state index contributed by atoms with van der Waals surface area (Å²) in [4.78, 5) is 11.0. The van der Waals surface area contributed by atoms with Crippen LogP contribution in [0.4, 0.5) is 0 Å². The van der Waals surface area contributed by atoms with Crippen LogP contribution in [-0.4, -0.2) is 24.1 Å². The molecule has 0 aromatic heterocycles. The van der Waals surface area contributed by atoms with Gasteiger partial charge in [-0.15, -0.1) is 12.4 Å². The second kappa shape index (κ2) is 7.48. The third-order valence-corrected chi connectivity index (χ3v) is 2.84. The number of nitrogens with one attached hydrogen (secondary N) is 1. The van der Waals surface area contributed by atoms with E-state index in [-0.39, 0.29) is 36.8 Å². The second-order valence-electron chi connectivity index (χ2n) is 5.40. The molecule has 1 rings (SSSR count). The third-order valence-electron chi connectivity index (χ3n) is 2.84. The molecule has 4 N–H and O–H groups in total. The Morgan fingerprint density at radius 3 is 2.26 bits per heavy atom. The minimum Gasteiger partial charge on any atom is -0.387 e. The highest BCUT2D eigenvalue weighted by molar-refractivity contribution is 5.85. The van der Waals surface area contributed by atoms with Gasteiger partial charge < -0.3 is 16.2 Å². The lowest BCUT2D eigenvalue weighted by molar-refractivity contribution is -0.120. The number of benzene rings is 1. The molecule has 19 heavy (non-hydrogen) atoms. The van der Waals surface area contributed by atoms with Crippen LogP contribution in [0.3, 0.4) is 0 Å². The summed E-state index contributed by atoms with van der Waals surface area (Å²) >= 11 is 0. The van der Waals surface area contributed by atoms with E-state index in [1.807, 2.05) is 24.3 Å². The number of halogens is 1. The lowest BCUT2D eigenvalue weighted by Gasteiger charge is -2.20. The van der Waals surface area contributed by atoms with Crippen molar-refractivity contribution in [2.45, 2.75) is 32.3 Å². The number of aliphatic hydroxyl groups is 1. The number of amides is 1. The van der Waals surface area contributed by atoms with Crippen LogP contribution in [0.25, 0.3) is 0 Å². The Balaban J connectivity index is 0.00000324. The quantitative estimate of drug-likeness (QED) is 0.785. The van der Waals surface area contributed by atoms with E-state index in [9.17, 15) is 9.90 Å². The molecule has 1 aromatic carbocycles. The lowest BCUT2D eigenvalue weighted by Crippen LogP contribution is -2.33. The van der Waals surface area contributed by atoms with Crippen molar-refractivity contribution in [2.24, 2.45) is 5.73 Å². The zero-order valence-corrected chi connectivity index (χ0v) is 12.5. The van der Waals surface area contributed by atoms with E-state index in [0.29, 0.717) is 0 Å². The summed E-state index contributed by atoms with van der Waals surface area (Å²) in [6, 6.07) is 7.78. The molecule has 1 atom stereocenters. The molecule has 0 aliphatic heterocycles. The fraction of sp³-hybridized carbons (Fsp3) is 0.500. The number of hydrogen-bond donors (Lipinski definition) is 3. The SMILES string of the molecule is CC(C)(C)c1ccc(C(O)CNC(=O)CN)cc1.Cl. The van der Waals surface area contributed by atoms with Crippen molar-refractivity contribution in [3.8, 4) is 0 Å². The van der Waals surface area contributed by atoms with Gasteiger partial charge in [-0.05, 0) is 16.5 Å². The summed E-state index contributed by atoms with van der Waals surface area (Å²) < 4.78 is 0. The topological polar surface area (TPSA) is 75.3 Å². The van der Waals surface area contributed by atoms with Crippen molar-refractivity contribution in [1.82, 2.24) is 5.32 Å². The van der Waals surface area contributed by atoms with Crippen LogP contribution in [0.2, 0.25) is 0 Å². The minimum atomic E-state index is -0.700. The number of hydrogen-bond acceptors (Lipinski definition) is 3. The molecule has 0 bridgehead atoms. The Morgan fingerprint density at radius 2 is 1.84 bits per heavy atom. The van der Waals surface area contributed by atoms with E-state index in [1.165, 1.54) is 5.56 Å². The zero-order chi connectivity index (χ0) is 13.8. The molecule has 0 aliphatic carbocycles. The predicted molar refractivity (Wildman–Crippen MR) is 79.4 cm³/mol. The van der Waals surface area contributed by atoms with E-state index >= 15 is 0 Å². The molecule has 5 heteroatoms. The molecule has 1 aromatic rings. The summed E-state index contributed by atoms with van der Waals surface area (Å²) in [5.41, 5.74) is 7.27. The second-order valence-corrected chi connectivity index (χ2v) is 5.40. The van der Waals surface area contributed by atoms with Gasteiger partial charge in [0, 0.05) is 6.54 Å². The lowest BCUT2D eigenvalue weighted by atomic mass is 9.86. The number of carbonyl (C=O) groups excluding carboxylic acids is 1. The largest absolute Gasteiger partial charge is 0.387 e. The highest BCUT2D eigenvalue weighted by Crippen LogP contribution is 2.23. The van der Waals surface area contributed by atoms with Gasteiger partial charge >= 0.3 is 0 Å². The maximum absolute atomic E-state index is 11.0. The summed E-state index contributed by atoms with van der Waals surface area (Å²) in [6.45, 7) is 6.54. The molecule has 0 aliphatic rings. The summed E-state index contributed by atoms with van der Waals surface area (Å²) in [5.74, 6) is -0.264. The van der Waals surface area contributed by atoms with Gasteiger partial charge in [-0.25, -0.2) is 0 Å². The van der Waals surface area contributed by atoms with Gasteiger partial charge in [0.2, 0.25) is 5.91 Å². The van der Waals surface area contributed by atoms with Gasteiger partial charge in [0.1, 0.15) is 0 Å². The van der Waals surface area contributed by atoms with E-state index < -0.39 is 6.10 Å². The first-order valence-corrected chi connectivity index (χ1v) is 6.10. The first-order valence-electron chi connectivity index (χ1n) is 6.10. The van der Waals surface area contributed by atoms with Crippen LogP contribution in [0.1, 0.15) is 38.0 Å². The molecule has 108 valence electrons. The molecule has 0 heterocycles. The average molecular weight is 287 g/mol. The molecule has 0 spiro atoms. The Labute approximate surface area is 120 Å². The molecule has 4 nitrogen and oxygen atoms in total. The molecule has 0 saturated heterocycles. The van der Waals surface area contributed by atoms with Gasteiger partial charge in [-0.3, -0.25) is 4.79 Å². The highest BCUT2D eigenvalue weighted by atomic mass is 35.5. The zero-order valence-electron chi connectivity index (χ0n) is 11.6. The fourth-order valence-electron chi connectivity index (χ4n) is 1.61. The normalized spacial score (nSPS) is 12.5. The smallest absolute Gasteiger partial charge is 0.233 e. The standard InChI is InChI=1S/C14H22N2O2.ClH/c1-14(2,3)11-6-4-10(5-7-11)12(17)9-16-13(18)8-15;/h4-7,12,17H,8-9,15H2,1-3H3,(H,16,18);1H. The van der Waals surface area contributed by atoms with Crippen molar-refractivity contribution < 1.29 is 9.90 Å². The van der Waals surface area contributed by atoms with Crippen LogP contribution < -0.4 is 11.1 Å². The molecule has 1 unspecified atom stereocenters. The first-order chi connectivity index (χ1) is 8.34. The van der Waals surface area contributed by atoms with Crippen molar-refractivity contribution in [3.05, 3.63) is 35.4 Å². The predicted octanol–water partition coefficient (Wildman–Crippen LogP) is 1.51.